The molecule has 1 heterocycles. The molecule has 2 atom stereocenters. The Morgan fingerprint density at radius 1 is 1.33 bits per heavy atom. The van der Waals surface area contributed by atoms with E-state index in [-0.39, 0.29) is 0 Å². The fourth-order valence-corrected chi connectivity index (χ4v) is 2.48. The number of pyridine rings is 1. The van der Waals surface area contributed by atoms with Crippen molar-refractivity contribution in [2.24, 2.45) is 0 Å². The van der Waals surface area contributed by atoms with E-state index in [1.807, 2.05) is 6.92 Å². The van der Waals surface area contributed by atoms with Crippen molar-refractivity contribution in [2.45, 2.75) is 44.6 Å². The molecular weight excluding hydrogens is 184 g/mol. The van der Waals surface area contributed by atoms with E-state index in [4.69, 9.17) is 0 Å². The molecule has 1 saturated carbocycles. The van der Waals surface area contributed by atoms with E-state index in [1.165, 1.54) is 31.2 Å². The minimum Gasteiger partial charge on any atom is -0.317 e. The van der Waals surface area contributed by atoms with Gasteiger partial charge in [-0.3, -0.25) is 4.98 Å². The van der Waals surface area contributed by atoms with E-state index in [1.54, 1.807) is 0 Å². The van der Waals surface area contributed by atoms with E-state index in [0.29, 0.717) is 12.0 Å². The van der Waals surface area contributed by atoms with Gasteiger partial charge in [-0.1, -0.05) is 12.5 Å². The minimum atomic E-state index is 0.699. The molecule has 2 rings (SSSR count). The molecule has 0 aromatic carbocycles. The topological polar surface area (TPSA) is 24.9 Å². The third-order valence-electron chi connectivity index (χ3n) is 3.49. The highest BCUT2D eigenvalue weighted by Crippen LogP contribution is 2.32. The first-order valence-electron chi connectivity index (χ1n) is 5.89. The summed E-state index contributed by atoms with van der Waals surface area (Å²) in [7, 11) is 2.07. The first kappa shape index (κ1) is 10.6. The van der Waals surface area contributed by atoms with Crippen LogP contribution in [0.1, 0.15) is 42.9 Å². The summed E-state index contributed by atoms with van der Waals surface area (Å²) < 4.78 is 0. The van der Waals surface area contributed by atoms with Gasteiger partial charge in [0.1, 0.15) is 0 Å². The molecule has 1 aliphatic rings. The summed E-state index contributed by atoms with van der Waals surface area (Å²) in [5.41, 5.74) is 2.53. The van der Waals surface area contributed by atoms with Crippen molar-refractivity contribution < 1.29 is 0 Å². The van der Waals surface area contributed by atoms with Crippen molar-refractivity contribution in [1.82, 2.24) is 10.3 Å². The van der Waals surface area contributed by atoms with Gasteiger partial charge in [0.25, 0.3) is 0 Å². The fourth-order valence-electron chi connectivity index (χ4n) is 2.48. The van der Waals surface area contributed by atoms with Gasteiger partial charge in [-0.05, 0) is 50.8 Å². The molecule has 1 aromatic heterocycles. The molecule has 0 bridgehead atoms. The Hall–Kier alpha value is -0.890. The maximum absolute atomic E-state index is 4.38. The smallest absolute Gasteiger partial charge is 0.0372 e. The summed E-state index contributed by atoms with van der Waals surface area (Å²) in [6, 6.07) is 5.06. The molecule has 15 heavy (non-hydrogen) atoms. The summed E-state index contributed by atoms with van der Waals surface area (Å²) >= 11 is 0. The van der Waals surface area contributed by atoms with Crippen molar-refractivity contribution in [3.63, 3.8) is 0 Å². The highest BCUT2D eigenvalue weighted by molar-refractivity contribution is 5.18. The molecule has 82 valence electrons. The van der Waals surface area contributed by atoms with Crippen molar-refractivity contribution in [2.75, 3.05) is 7.05 Å². The summed E-state index contributed by atoms with van der Waals surface area (Å²) in [5.74, 6) is 0.712. The number of aromatic nitrogens is 1. The van der Waals surface area contributed by atoms with Crippen molar-refractivity contribution >= 4 is 0 Å². The lowest BCUT2D eigenvalue weighted by molar-refractivity contribution is 0.355. The van der Waals surface area contributed by atoms with Crippen LogP contribution in [0.25, 0.3) is 0 Å². The number of hydrogen-bond acceptors (Lipinski definition) is 2. The van der Waals surface area contributed by atoms with Crippen molar-refractivity contribution in [3.8, 4) is 0 Å². The van der Waals surface area contributed by atoms with Crippen LogP contribution in [0.4, 0.5) is 0 Å². The zero-order valence-electron chi connectivity index (χ0n) is 9.66. The molecule has 2 nitrogen and oxygen atoms in total. The average molecular weight is 204 g/mol. The average Bonchev–Trinajstić information content (AvgIpc) is 2.30. The predicted molar refractivity (Wildman–Crippen MR) is 63.0 cm³/mol. The van der Waals surface area contributed by atoms with Crippen LogP contribution in [0.2, 0.25) is 0 Å². The number of hydrogen-bond donors (Lipinski definition) is 1. The zero-order valence-corrected chi connectivity index (χ0v) is 9.66. The maximum Gasteiger partial charge on any atom is 0.0372 e. The van der Waals surface area contributed by atoms with Gasteiger partial charge in [0.15, 0.2) is 0 Å². The van der Waals surface area contributed by atoms with Gasteiger partial charge in [-0.2, -0.15) is 0 Å². The summed E-state index contributed by atoms with van der Waals surface area (Å²) in [5, 5.41) is 3.39. The van der Waals surface area contributed by atoms with Gasteiger partial charge in [0.2, 0.25) is 0 Å². The Labute approximate surface area is 92.1 Å². The van der Waals surface area contributed by atoms with E-state index in [0.717, 1.165) is 5.69 Å². The first-order valence-corrected chi connectivity index (χ1v) is 5.89. The SMILES string of the molecule is CNC1CCCC(c2ccc(C)nc2)C1. The standard InChI is InChI=1S/C13H20N2/c1-10-6-7-12(9-15-10)11-4-3-5-13(8-11)14-2/h6-7,9,11,13-14H,3-5,8H2,1-2H3. The van der Waals surface area contributed by atoms with Crippen LogP contribution >= 0.6 is 0 Å². The lowest BCUT2D eigenvalue weighted by Gasteiger charge is -2.29. The Bertz CT molecular complexity index is 305. The second kappa shape index (κ2) is 4.75. The number of aryl methyl sites for hydroxylation is 1. The lowest BCUT2D eigenvalue weighted by Crippen LogP contribution is -2.30. The molecule has 1 aromatic rings. The Balaban J connectivity index is 2.06. The van der Waals surface area contributed by atoms with Gasteiger partial charge in [-0.15, -0.1) is 0 Å². The van der Waals surface area contributed by atoms with Crippen molar-refractivity contribution in [1.29, 1.82) is 0 Å². The third kappa shape index (κ3) is 2.57. The molecule has 1 aliphatic carbocycles. The van der Waals surface area contributed by atoms with Crippen molar-refractivity contribution in [3.05, 3.63) is 29.6 Å². The predicted octanol–water partition coefficient (Wildman–Crippen LogP) is 2.64. The quantitative estimate of drug-likeness (QED) is 0.801. The normalized spacial score (nSPS) is 26.5. The minimum absolute atomic E-state index is 0.699. The van der Waals surface area contributed by atoms with E-state index >= 15 is 0 Å². The van der Waals surface area contributed by atoms with Gasteiger partial charge in [0, 0.05) is 17.9 Å². The monoisotopic (exact) mass is 204 g/mol. The van der Waals surface area contributed by atoms with Gasteiger partial charge in [-0.25, -0.2) is 0 Å². The van der Waals surface area contributed by atoms with Gasteiger partial charge < -0.3 is 5.32 Å². The Morgan fingerprint density at radius 2 is 2.20 bits per heavy atom. The largest absolute Gasteiger partial charge is 0.317 e. The second-order valence-corrected chi connectivity index (χ2v) is 4.58. The van der Waals surface area contributed by atoms with Crippen LogP contribution in [-0.4, -0.2) is 18.1 Å². The number of rotatable bonds is 2. The van der Waals surface area contributed by atoms with Crippen LogP contribution < -0.4 is 5.32 Å². The highest BCUT2D eigenvalue weighted by atomic mass is 14.9. The highest BCUT2D eigenvalue weighted by Gasteiger charge is 2.21. The summed E-state index contributed by atoms with van der Waals surface area (Å²) in [6.45, 7) is 2.04. The van der Waals surface area contributed by atoms with Gasteiger partial charge in [0.05, 0.1) is 0 Å². The molecular formula is C13H20N2. The lowest BCUT2D eigenvalue weighted by atomic mass is 9.82. The van der Waals surface area contributed by atoms with E-state index < -0.39 is 0 Å². The molecule has 2 heteroatoms. The van der Waals surface area contributed by atoms with Crippen LogP contribution in [0.5, 0.6) is 0 Å². The maximum atomic E-state index is 4.38. The molecule has 0 aliphatic heterocycles. The van der Waals surface area contributed by atoms with Crippen LogP contribution in [0.15, 0.2) is 18.3 Å². The summed E-state index contributed by atoms with van der Waals surface area (Å²) in [4.78, 5) is 4.38. The molecule has 0 saturated heterocycles. The molecule has 2 unspecified atom stereocenters. The van der Waals surface area contributed by atoms with Crippen LogP contribution in [-0.2, 0) is 0 Å². The van der Waals surface area contributed by atoms with Crippen LogP contribution in [0.3, 0.4) is 0 Å². The van der Waals surface area contributed by atoms with Gasteiger partial charge >= 0.3 is 0 Å². The number of nitrogens with one attached hydrogen (secondary N) is 1. The Morgan fingerprint density at radius 3 is 2.87 bits per heavy atom. The molecule has 0 spiro atoms. The first-order chi connectivity index (χ1) is 7.29. The fraction of sp³-hybridized carbons (Fsp3) is 0.615. The zero-order chi connectivity index (χ0) is 10.7. The van der Waals surface area contributed by atoms with E-state index in [9.17, 15) is 0 Å². The van der Waals surface area contributed by atoms with Crippen LogP contribution in [0, 0.1) is 6.92 Å². The Kier molecular flexibility index (Phi) is 3.37. The molecule has 0 amide bonds. The molecule has 1 fully saturated rings. The van der Waals surface area contributed by atoms with E-state index in [2.05, 4.69) is 35.7 Å². The third-order valence-corrected chi connectivity index (χ3v) is 3.49. The molecule has 0 radical (unpaired) electrons. The summed E-state index contributed by atoms with van der Waals surface area (Å²) in [6.07, 6.45) is 7.30. The number of nitrogens with zero attached hydrogens (tertiary/aromatic N) is 1. The second-order valence-electron chi connectivity index (χ2n) is 4.58. The molecule has 1 N–H and O–H groups in total.